The molecule has 0 aliphatic carbocycles. The molecule has 2 aromatic rings. The zero-order valence-corrected chi connectivity index (χ0v) is 17.7. The molecule has 2 atom stereocenters. The average molecular weight is 492 g/mol. The zero-order chi connectivity index (χ0) is 24.6. The Hall–Kier alpha value is -3.21. The first kappa shape index (κ1) is 26.0. The van der Waals surface area contributed by atoms with E-state index < -0.39 is 48.3 Å². The van der Waals surface area contributed by atoms with Crippen LogP contribution in [0.5, 0.6) is 5.75 Å². The maximum absolute atomic E-state index is 14.5. The van der Waals surface area contributed by atoms with Crippen LogP contribution in [-0.2, 0) is 11.0 Å². The third kappa shape index (κ3) is 8.01. The number of pyridine rings is 1. The molecule has 0 aliphatic heterocycles. The lowest BCUT2D eigenvalue weighted by Gasteiger charge is -2.19. The molecular weight excluding hydrogens is 473 g/mol. The highest BCUT2D eigenvalue weighted by Crippen LogP contribution is 2.27. The maximum Gasteiger partial charge on any atom is 0.433 e. The lowest BCUT2D eigenvalue weighted by Crippen LogP contribution is -2.41. The van der Waals surface area contributed by atoms with Crippen LogP contribution in [0.15, 0.2) is 49.2 Å². The minimum Gasteiger partial charge on any atom is -0.484 e. The molecule has 2 N–H and O–H groups in total. The number of rotatable bonds is 10. The fourth-order valence-corrected chi connectivity index (χ4v) is 2.64. The van der Waals surface area contributed by atoms with Gasteiger partial charge in [0.25, 0.3) is 11.8 Å². The Balaban J connectivity index is 1.78. The minimum atomic E-state index is -4.65. The summed E-state index contributed by atoms with van der Waals surface area (Å²) in [6.45, 7) is 2.87. The number of halogens is 6. The van der Waals surface area contributed by atoms with Crippen molar-refractivity contribution in [3.63, 3.8) is 0 Å². The Labute approximate surface area is 190 Å². The van der Waals surface area contributed by atoms with Crippen molar-refractivity contribution in [3.8, 4) is 5.75 Å². The number of hydrogen-bond acceptors (Lipinski definition) is 4. The van der Waals surface area contributed by atoms with E-state index >= 15 is 0 Å². The summed E-state index contributed by atoms with van der Waals surface area (Å²) in [5.74, 6) is -2.05. The van der Waals surface area contributed by atoms with Crippen LogP contribution >= 0.6 is 11.6 Å². The van der Waals surface area contributed by atoms with Crippen LogP contribution in [0.4, 0.5) is 22.0 Å². The van der Waals surface area contributed by atoms with Crippen molar-refractivity contribution in [1.29, 1.82) is 0 Å². The van der Waals surface area contributed by atoms with Gasteiger partial charge in [-0.2, -0.15) is 13.2 Å². The molecule has 0 spiro atoms. The normalized spacial score (nSPS) is 13.0. The van der Waals surface area contributed by atoms with E-state index in [1.165, 1.54) is 12.1 Å². The van der Waals surface area contributed by atoms with Gasteiger partial charge in [-0.3, -0.25) is 14.6 Å². The molecule has 1 aromatic carbocycles. The lowest BCUT2D eigenvalue weighted by molar-refractivity contribution is -0.141. The summed E-state index contributed by atoms with van der Waals surface area (Å²) in [5.41, 5.74) is -1.35. The smallest absolute Gasteiger partial charge is 0.433 e. The van der Waals surface area contributed by atoms with Gasteiger partial charge in [0, 0.05) is 18.8 Å². The van der Waals surface area contributed by atoms with Crippen LogP contribution in [0, 0.1) is 5.82 Å². The molecule has 0 saturated heterocycles. The summed E-state index contributed by atoms with van der Waals surface area (Å²) in [6, 6.07) is 4.05. The molecule has 0 fully saturated rings. The van der Waals surface area contributed by atoms with E-state index in [1.54, 1.807) is 0 Å². The summed E-state index contributed by atoms with van der Waals surface area (Å²) in [5, 5.41) is 4.61. The Morgan fingerprint density at radius 1 is 1.24 bits per heavy atom. The summed E-state index contributed by atoms with van der Waals surface area (Å²) in [7, 11) is 0. The number of carbonyl (C=O) groups is 2. The van der Waals surface area contributed by atoms with Gasteiger partial charge in [0.1, 0.15) is 23.4 Å². The second-order valence-electron chi connectivity index (χ2n) is 6.68. The molecule has 2 unspecified atom stereocenters. The number of alkyl halides is 4. The highest BCUT2D eigenvalue weighted by molar-refractivity contribution is 6.30. The van der Waals surface area contributed by atoms with Gasteiger partial charge in [-0.05, 0) is 30.7 Å². The van der Waals surface area contributed by atoms with Crippen molar-refractivity contribution in [2.75, 3.05) is 13.2 Å². The predicted octanol–water partition coefficient (Wildman–Crippen LogP) is 4.10. The Bertz CT molecular complexity index is 986. The van der Waals surface area contributed by atoms with Crippen LogP contribution < -0.4 is 15.4 Å². The first-order valence-electron chi connectivity index (χ1n) is 9.46. The lowest BCUT2D eigenvalue weighted by atomic mass is 10.1. The molecule has 0 bridgehead atoms. The molecule has 33 heavy (non-hydrogen) atoms. The molecule has 12 heteroatoms. The minimum absolute atomic E-state index is 0.0857. The van der Waals surface area contributed by atoms with Crippen LogP contribution in [0.2, 0.25) is 5.02 Å². The van der Waals surface area contributed by atoms with Crippen LogP contribution in [0.25, 0.3) is 0 Å². The third-order valence-corrected chi connectivity index (χ3v) is 4.57. The first-order valence-corrected chi connectivity index (χ1v) is 9.84. The largest absolute Gasteiger partial charge is 0.484 e. The zero-order valence-electron chi connectivity index (χ0n) is 17.0. The van der Waals surface area contributed by atoms with E-state index in [0.717, 1.165) is 24.4 Å². The maximum atomic E-state index is 14.5. The van der Waals surface area contributed by atoms with E-state index in [9.17, 15) is 31.5 Å². The topological polar surface area (TPSA) is 80.3 Å². The van der Waals surface area contributed by atoms with E-state index in [0.29, 0.717) is 6.07 Å². The van der Waals surface area contributed by atoms with Crippen molar-refractivity contribution >= 4 is 23.4 Å². The van der Waals surface area contributed by atoms with Gasteiger partial charge in [0.05, 0.1) is 16.6 Å². The number of amides is 2. The van der Waals surface area contributed by atoms with Gasteiger partial charge < -0.3 is 15.4 Å². The summed E-state index contributed by atoms with van der Waals surface area (Å²) < 4.78 is 70.5. The van der Waals surface area contributed by atoms with Gasteiger partial charge in [-0.15, -0.1) is 6.58 Å². The van der Waals surface area contributed by atoms with E-state index in [-0.39, 0.29) is 29.3 Å². The molecule has 0 radical (unpaired) electrons. The second-order valence-corrected chi connectivity index (χ2v) is 7.09. The number of aromatic nitrogens is 1. The molecular formula is C21H19ClF5N3O3. The quantitative estimate of drug-likeness (QED) is 0.387. The average Bonchev–Trinajstić information content (AvgIpc) is 2.77. The van der Waals surface area contributed by atoms with Crippen molar-refractivity contribution < 1.29 is 36.3 Å². The first-order chi connectivity index (χ1) is 15.5. The van der Waals surface area contributed by atoms with Crippen LogP contribution in [0.3, 0.4) is 0 Å². The van der Waals surface area contributed by atoms with E-state index in [2.05, 4.69) is 22.2 Å². The third-order valence-electron chi connectivity index (χ3n) is 4.26. The number of nitrogens with zero attached hydrogens (tertiary/aromatic N) is 1. The molecule has 2 rings (SSSR count). The highest BCUT2D eigenvalue weighted by Gasteiger charge is 2.32. The number of benzene rings is 1. The molecule has 1 heterocycles. The molecule has 178 valence electrons. The predicted molar refractivity (Wildman–Crippen MR) is 110 cm³/mol. The fourth-order valence-electron chi connectivity index (χ4n) is 2.52. The van der Waals surface area contributed by atoms with Gasteiger partial charge in [0.2, 0.25) is 0 Å². The Kier molecular flexibility index (Phi) is 9.15. The van der Waals surface area contributed by atoms with Gasteiger partial charge in [0.15, 0.2) is 6.61 Å². The number of nitrogens with one attached hydrogen (secondary N) is 2. The summed E-state index contributed by atoms with van der Waals surface area (Å²) in [4.78, 5) is 27.1. The SMILES string of the molecule is C=CC(NC(=O)c1ccc(C(F)(F)F)nc1)C(F)CCNC(=O)COc1ccc(Cl)c(F)c1. The second kappa shape index (κ2) is 11.6. The van der Waals surface area contributed by atoms with E-state index in [1.807, 2.05) is 0 Å². The van der Waals surface area contributed by atoms with Gasteiger partial charge in [-0.25, -0.2) is 8.78 Å². The van der Waals surface area contributed by atoms with Crippen LogP contribution in [0.1, 0.15) is 22.5 Å². The molecule has 6 nitrogen and oxygen atoms in total. The van der Waals surface area contributed by atoms with Crippen molar-refractivity contribution in [2.24, 2.45) is 0 Å². The summed E-state index contributed by atoms with van der Waals surface area (Å²) in [6.07, 6.45) is -4.65. The summed E-state index contributed by atoms with van der Waals surface area (Å²) >= 11 is 5.55. The molecule has 0 aliphatic rings. The van der Waals surface area contributed by atoms with Crippen molar-refractivity contribution in [1.82, 2.24) is 15.6 Å². The molecule has 2 amide bonds. The fraction of sp³-hybridized carbons (Fsp3) is 0.286. The van der Waals surface area contributed by atoms with Gasteiger partial charge in [-0.1, -0.05) is 17.7 Å². The number of ether oxygens (including phenoxy) is 1. The highest BCUT2D eigenvalue weighted by atomic mass is 35.5. The standard InChI is InChI=1S/C21H19ClF5N3O3/c1-2-17(30-20(32)12-3-6-18(29-10-12)21(25,26)27)15(23)7-8-28-19(31)11-33-13-4-5-14(22)16(24)9-13/h2-6,9-10,15,17H,1,7-8,11H2,(H,28,31)(H,30,32). The van der Waals surface area contributed by atoms with Gasteiger partial charge >= 0.3 is 6.18 Å². The Morgan fingerprint density at radius 3 is 2.55 bits per heavy atom. The monoisotopic (exact) mass is 491 g/mol. The number of hydrogen-bond donors (Lipinski definition) is 2. The Morgan fingerprint density at radius 2 is 1.97 bits per heavy atom. The van der Waals surface area contributed by atoms with Crippen LogP contribution in [-0.4, -0.2) is 42.2 Å². The van der Waals surface area contributed by atoms with E-state index in [4.69, 9.17) is 16.3 Å². The van der Waals surface area contributed by atoms with Crippen molar-refractivity contribution in [2.45, 2.75) is 24.8 Å². The van der Waals surface area contributed by atoms with Crippen molar-refractivity contribution in [3.05, 3.63) is 71.3 Å². The number of carbonyl (C=O) groups excluding carboxylic acids is 2. The molecule has 1 aromatic heterocycles. The molecule has 0 saturated carbocycles.